The van der Waals surface area contributed by atoms with Gasteiger partial charge in [-0.05, 0) is 6.42 Å². The molecule has 0 radical (unpaired) electrons. The van der Waals surface area contributed by atoms with E-state index in [1.165, 1.54) is 25.5 Å². The maximum absolute atomic E-state index is 5.93. The maximum atomic E-state index is 5.93. The number of hydrogen-bond acceptors (Lipinski definition) is 6. The molecule has 0 saturated heterocycles. The van der Waals surface area contributed by atoms with E-state index in [9.17, 15) is 0 Å². The molecule has 0 saturated carbocycles. The van der Waals surface area contributed by atoms with Gasteiger partial charge >= 0.3 is 0 Å². The van der Waals surface area contributed by atoms with E-state index in [-0.39, 0.29) is 0 Å². The Bertz CT molecular complexity index is 964. The van der Waals surface area contributed by atoms with Gasteiger partial charge in [0.25, 0.3) is 0 Å². The number of unbranched alkanes of at least 4 members (excludes halogenated alkanes) is 2. The third-order valence-electron chi connectivity index (χ3n) is 3.51. The van der Waals surface area contributed by atoms with Crippen LogP contribution < -0.4 is 0 Å². The summed E-state index contributed by atoms with van der Waals surface area (Å²) < 4.78 is 1.89. The Morgan fingerprint density at radius 3 is 2.48 bits per heavy atom. The fraction of sp³-hybridized carbons (Fsp3) is 0.333. The lowest BCUT2D eigenvalue weighted by atomic mass is 10.2. The van der Waals surface area contributed by atoms with Gasteiger partial charge in [-0.1, -0.05) is 43.0 Å². The number of aryl methyl sites for hydroxylation is 1. The first-order valence-corrected chi connectivity index (χ1v) is 8.58. The fourth-order valence-electron chi connectivity index (χ4n) is 2.23. The molecule has 4 aromatic heterocycles. The summed E-state index contributed by atoms with van der Waals surface area (Å²) in [6.07, 6.45) is 9.90. The first kappa shape index (κ1) is 17.5. The van der Waals surface area contributed by atoms with E-state index in [1.54, 1.807) is 6.20 Å². The van der Waals surface area contributed by atoms with Crippen molar-refractivity contribution in [2.24, 2.45) is 0 Å². The lowest BCUT2D eigenvalue weighted by Gasteiger charge is -1.97. The van der Waals surface area contributed by atoms with Crippen LogP contribution in [-0.2, 0) is 6.54 Å². The van der Waals surface area contributed by atoms with Gasteiger partial charge in [-0.3, -0.25) is 9.78 Å². The molecule has 25 heavy (non-hydrogen) atoms. The third-order valence-corrected chi connectivity index (χ3v) is 4.11. The Morgan fingerprint density at radius 2 is 1.76 bits per heavy atom. The highest BCUT2D eigenvalue weighted by Crippen LogP contribution is 2.17. The Morgan fingerprint density at radius 1 is 1.00 bits per heavy atom. The molecule has 0 aliphatic rings. The van der Waals surface area contributed by atoms with E-state index in [2.05, 4.69) is 42.2 Å². The summed E-state index contributed by atoms with van der Waals surface area (Å²) in [7, 11) is 0. The number of fused-ring (bicyclic) bond motifs is 2. The molecule has 0 fully saturated rings. The normalized spacial score (nSPS) is 10.8. The summed E-state index contributed by atoms with van der Waals surface area (Å²) in [6.45, 7) is 3.10. The van der Waals surface area contributed by atoms with Gasteiger partial charge in [0.1, 0.15) is 23.0 Å². The summed E-state index contributed by atoms with van der Waals surface area (Å²) in [6, 6.07) is 0. The molecule has 0 unspecified atom stereocenters. The number of rotatable bonds is 4. The SMILES string of the molecule is CCCCCn1cc2c(Cl)ncnc2n1.Clc1ncnc2[nH]ncc12. The minimum Gasteiger partial charge on any atom is -0.270 e. The average Bonchev–Trinajstić information content (AvgIpc) is 3.24. The predicted octanol–water partition coefficient (Wildman–Crippen LogP) is 3.68. The number of hydrogen-bond donors (Lipinski definition) is 1. The molecule has 0 aliphatic heterocycles. The van der Waals surface area contributed by atoms with Gasteiger partial charge in [-0.2, -0.15) is 10.2 Å². The molecule has 4 heterocycles. The van der Waals surface area contributed by atoms with Crippen LogP contribution in [0.2, 0.25) is 10.3 Å². The average molecular weight is 379 g/mol. The van der Waals surface area contributed by atoms with E-state index in [0.717, 1.165) is 23.7 Å². The lowest BCUT2D eigenvalue weighted by molar-refractivity contribution is 0.556. The predicted molar refractivity (Wildman–Crippen MR) is 96.6 cm³/mol. The molecular weight excluding hydrogens is 363 g/mol. The molecule has 0 atom stereocenters. The zero-order valence-corrected chi connectivity index (χ0v) is 15.0. The van der Waals surface area contributed by atoms with Gasteiger partial charge in [0, 0.05) is 12.7 Å². The summed E-state index contributed by atoms with van der Waals surface area (Å²) in [5.41, 5.74) is 1.34. The minimum absolute atomic E-state index is 0.429. The molecule has 0 amide bonds. The van der Waals surface area contributed by atoms with E-state index in [0.29, 0.717) is 21.6 Å². The van der Waals surface area contributed by atoms with Crippen molar-refractivity contribution in [2.75, 3.05) is 0 Å². The third kappa shape index (κ3) is 4.21. The Balaban J connectivity index is 0.000000157. The molecule has 4 rings (SSSR count). The van der Waals surface area contributed by atoms with Gasteiger partial charge in [-0.15, -0.1) is 0 Å². The molecule has 0 bridgehead atoms. The van der Waals surface area contributed by atoms with Crippen LogP contribution in [0, 0.1) is 0 Å². The summed E-state index contributed by atoms with van der Waals surface area (Å²) >= 11 is 11.6. The van der Waals surface area contributed by atoms with Gasteiger partial charge in [-0.25, -0.2) is 19.9 Å². The molecule has 1 N–H and O–H groups in total. The van der Waals surface area contributed by atoms with Crippen LogP contribution in [0.3, 0.4) is 0 Å². The quantitative estimate of drug-likeness (QED) is 0.429. The molecule has 0 spiro atoms. The van der Waals surface area contributed by atoms with E-state index in [1.807, 2.05) is 10.9 Å². The Kier molecular flexibility index (Phi) is 5.72. The molecule has 4 aromatic rings. The molecular formula is C15H16Cl2N8. The fourth-order valence-corrected chi connectivity index (χ4v) is 2.59. The van der Waals surface area contributed by atoms with Crippen molar-refractivity contribution in [1.82, 2.24) is 39.9 Å². The highest BCUT2D eigenvalue weighted by molar-refractivity contribution is 6.34. The number of aromatic nitrogens is 8. The van der Waals surface area contributed by atoms with Crippen molar-refractivity contribution in [2.45, 2.75) is 32.7 Å². The summed E-state index contributed by atoms with van der Waals surface area (Å²) in [5, 5.41) is 13.2. The topological polar surface area (TPSA) is 98.1 Å². The van der Waals surface area contributed by atoms with Gasteiger partial charge in [0.2, 0.25) is 0 Å². The van der Waals surface area contributed by atoms with Crippen molar-refractivity contribution in [1.29, 1.82) is 0 Å². The van der Waals surface area contributed by atoms with Gasteiger partial charge in [0.15, 0.2) is 11.3 Å². The Hall–Kier alpha value is -2.32. The van der Waals surface area contributed by atoms with Gasteiger partial charge in [0.05, 0.1) is 17.0 Å². The molecule has 10 heteroatoms. The van der Waals surface area contributed by atoms with E-state index in [4.69, 9.17) is 23.2 Å². The second-order valence-electron chi connectivity index (χ2n) is 5.30. The number of nitrogens with one attached hydrogen (secondary N) is 1. The van der Waals surface area contributed by atoms with Crippen LogP contribution in [-0.4, -0.2) is 39.9 Å². The number of nitrogens with zero attached hydrogens (tertiary/aromatic N) is 7. The van der Waals surface area contributed by atoms with Crippen molar-refractivity contribution in [3.8, 4) is 0 Å². The van der Waals surface area contributed by atoms with Crippen molar-refractivity contribution >= 4 is 45.3 Å². The zero-order chi connectivity index (χ0) is 17.6. The second-order valence-corrected chi connectivity index (χ2v) is 6.01. The zero-order valence-electron chi connectivity index (χ0n) is 13.5. The van der Waals surface area contributed by atoms with Gasteiger partial charge < -0.3 is 0 Å². The van der Waals surface area contributed by atoms with Crippen LogP contribution in [0.15, 0.2) is 25.0 Å². The highest BCUT2D eigenvalue weighted by atomic mass is 35.5. The highest BCUT2D eigenvalue weighted by Gasteiger charge is 2.05. The van der Waals surface area contributed by atoms with Crippen LogP contribution in [0.1, 0.15) is 26.2 Å². The van der Waals surface area contributed by atoms with E-state index < -0.39 is 0 Å². The van der Waals surface area contributed by atoms with Crippen molar-refractivity contribution in [3.05, 3.63) is 35.4 Å². The minimum atomic E-state index is 0.429. The largest absolute Gasteiger partial charge is 0.270 e. The summed E-state index contributed by atoms with van der Waals surface area (Å²) in [4.78, 5) is 15.6. The first-order valence-electron chi connectivity index (χ1n) is 7.82. The maximum Gasteiger partial charge on any atom is 0.185 e. The first-order chi connectivity index (χ1) is 12.2. The van der Waals surface area contributed by atoms with E-state index >= 15 is 0 Å². The number of H-pyrrole nitrogens is 1. The van der Waals surface area contributed by atoms with Crippen LogP contribution in [0.5, 0.6) is 0 Å². The smallest absolute Gasteiger partial charge is 0.185 e. The monoisotopic (exact) mass is 378 g/mol. The number of halogens is 2. The van der Waals surface area contributed by atoms with Crippen LogP contribution in [0.4, 0.5) is 0 Å². The standard InChI is InChI=1S/C10H13ClN4.C5H3ClN4/c1-2-3-4-5-15-6-8-9(11)12-7-13-10(8)14-15;6-4-3-1-9-10-5(3)8-2-7-4/h6-7H,2-5H2,1H3;1-2H,(H,7,8,9,10). The molecule has 0 aliphatic carbocycles. The van der Waals surface area contributed by atoms with Crippen molar-refractivity contribution < 1.29 is 0 Å². The van der Waals surface area contributed by atoms with Crippen molar-refractivity contribution in [3.63, 3.8) is 0 Å². The molecule has 130 valence electrons. The van der Waals surface area contributed by atoms with Crippen LogP contribution in [0.25, 0.3) is 22.1 Å². The lowest BCUT2D eigenvalue weighted by Crippen LogP contribution is -1.97. The summed E-state index contributed by atoms with van der Waals surface area (Å²) in [5.74, 6) is 0. The Labute approximate surface area is 153 Å². The van der Waals surface area contributed by atoms with Crippen LogP contribution >= 0.6 is 23.2 Å². The molecule has 8 nitrogen and oxygen atoms in total. The second kappa shape index (κ2) is 8.17. The number of aromatic amines is 1. The molecule has 0 aromatic carbocycles.